The molecule has 0 amide bonds. The molecule has 0 bridgehead atoms. The molecule has 0 saturated carbocycles. The van der Waals surface area contributed by atoms with E-state index in [1.807, 2.05) is 18.2 Å². The number of methoxy groups -OCH3 is 1. The minimum absolute atomic E-state index is 0.129. The highest BCUT2D eigenvalue weighted by Gasteiger charge is 2.25. The molecule has 0 atom stereocenters. The molecule has 0 aromatic heterocycles. The highest BCUT2D eigenvalue weighted by Crippen LogP contribution is 2.27. The fraction of sp³-hybridized carbons (Fsp3) is 0.333. The summed E-state index contributed by atoms with van der Waals surface area (Å²) in [5.41, 5.74) is 0.246. The van der Waals surface area contributed by atoms with Gasteiger partial charge in [-0.15, -0.1) is 0 Å². The number of nitriles is 1. The molecule has 0 heterocycles. The number of Topliss-reactive ketones (excluding diaryl/α,β-unsaturated/α-hetero) is 1. The van der Waals surface area contributed by atoms with Crippen molar-refractivity contribution in [3.8, 4) is 11.8 Å². The summed E-state index contributed by atoms with van der Waals surface area (Å²) in [4.78, 5) is 12.1. The molecule has 0 radical (unpaired) electrons. The molecular weight excluding hydrogens is 306 g/mol. The van der Waals surface area contributed by atoms with Crippen LogP contribution in [0.25, 0.3) is 6.08 Å². The topological polar surface area (TPSA) is 50.1 Å². The minimum atomic E-state index is -0.583. The highest BCUT2D eigenvalue weighted by atomic mass is 79.9. The molecule has 100 valence electrons. The van der Waals surface area contributed by atoms with Crippen LogP contribution in [0.15, 0.2) is 28.2 Å². The maximum absolute atomic E-state index is 12.1. The molecule has 0 unspecified atom stereocenters. The lowest BCUT2D eigenvalue weighted by Gasteiger charge is -2.15. The lowest BCUT2D eigenvalue weighted by molar-refractivity contribution is -0.121. The molecule has 1 aromatic rings. The molecule has 1 aromatic carbocycles. The third-order valence-electron chi connectivity index (χ3n) is 2.54. The molecule has 0 fully saturated rings. The average molecular weight is 322 g/mol. The molecule has 0 N–H and O–H groups in total. The number of allylic oxidation sites excluding steroid dienone is 1. The maximum Gasteiger partial charge on any atom is 0.178 e. The monoisotopic (exact) mass is 321 g/mol. The number of hydrogen-bond donors (Lipinski definition) is 0. The van der Waals surface area contributed by atoms with Crippen molar-refractivity contribution in [3.63, 3.8) is 0 Å². The maximum atomic E-state index is 12.1. The molecule has 4 heteroatoms. The van der Waals surface area contributed by atoms with Crippen LogP contribution in [0, 0.1) is 16.7 Å². The molecule has 0 saturated heterocycles. The quantitative estimate of drug-likeness (QED) is 0.625. The fourth-order valence-corrected chi connectivity index (χ4v) is 1.90. The van der Waals surface area contributed by atoms with E-state index in [0.717, 1.165) is 4.47 Å². The van der Waals surface area contributed by atoms with Gasteiger partial charge in [-0.25, -0.2) is 0 Å². The van der Waals surface area contributed by atoms with Gasteiger partial charge in [0.05, 0.1) is 12.7 Å². The summed E-state index contributed by atoms with van der Waals surface area (Å²) in [6.07, 6.45) is 1.57. The van der Waals surface area contributed by atoms with Gasteiger partial charge in [0.25, 0.3) is 0 Å². The average Bonchev–Trinajstić information content (AvgIpc) is 2.34. The molecule has 0 aliphatic carbocycles. The van der Waals surface area contributed by atoms with Crippen molar-refractivity contribution >= 4 is 27.8 Å². The summed E-state index contributed by atoms with van der Waals surface area (Å²) in [6.45, 7) is 5.37. The SMILES string of the molecule is COc1ccc(Br)cc1/C=C(/C#N)C(=O)C(C)(C)C. The van der Waals surface area contributed by atoms with Crippen LogP contribution >= 0.6 is 15.9 Å². The van der Waals surface area contributed by atoms with Gasteiger partial charge in [0.1, 0.15) is 11.8 Å². The van der Waals surface area contributed by atoms with Crippen molar-refractivity contribution < 1.29 is 9.53 Å². The van der Waals surface area contributed by atoms with E-state index in [1.165, 1.54) is 0 Å². The Bertz CT molecular complexity index is 562. The van der Waals surface area contributed by atoms with E-state index in [1.54, 1.807) is 40.0 Å². The zero-order valence-electron chi connectivity index (χ0n) is 11.5. The number of benzene rings is 1. The summed E-state index contributed by atoms with van der Waals surface area (Å²) >= 11 is 3.36. The van der Waals surface area contributed by atoms with Gasteiger partial charge in [-0.05, 0) is 24.3 Å². The minimum Gasteiger partial charge on any atom is -0.496 e. The lowest BCUT2D eigenvalue weighted by Crippen LogP contribution is -2.21. The molecule has 1 rings (SSSR count). The fourth-order valence-electron chi connectivity index (χ4n) is 1.53. The Morgan fingerprint density at radius 2 is 2.05 bits per heavy atom. The highest BCUT2D eigenvalue weighted by molar-refractivity contribution is 9.10. The van der Waals surface area contributed by atoms with Crippen molar-refractivity contribution in [1.82, 2.24) is 0 Å². The van der Waals surface area contributed by atoms with Crippen molar-refractivity contribution in [3.05, 3.63) is 33.8 Å². The molecule has 0 aliphatic heterocycles. The number of hydrogen-bond acceptors (Lipinski definition) is 3. The van der Waals surface area contributed by atoms with Crippen LogP contribution < -0.4 is 4.74 Å². The van der Waals surface area contributed by atoms with Crippen LogP contribution in [0.2, 0.25) is 0 Å². The van der Waals surface area contributed by atoms with Crippen molar-refractivity contribution in [2.24, 2.45) is 5.41 Å². The van der Waals surface area contributed by atoms with Crippen LogP contribution in [0.1, 0.15) is 26.3 Å². The normalized spacial score (nSPS) is 11.9. The van der Waals surface area contributed by atoms with Gasteiger partial charge in [0.2, 0.25) is 0 Å². The number of ketones is 1. The first-order chi connectivity index (χ1) is 8.79. The number of rotatable bonds is 3. The third kappa shape index (κ3) is 3.93. The van der Waals surface area contributed by atoms with Crippen LogP contribution in [0.3, 0.4) is 0 Å². The number of nitrogens with zero attached hydrogens (tertiary/aromatic N) is 1. The third-order valence-corrected chi connectivity index (χ3v) is 3.03. The zero-order valence-corrected chi connectivity index (χ0v) is 13.0. The molecular formula is C15H16BrNO2. The predicted octanol–water partition coefficient (Wildman–Crippen LogP) is 3.98. The van der Waals surface area contributed by atoms with E-state index < -0.39 is 5.41 Å². The molecule has 19 heavy (non-hydrogen) atoms. The van der Waals surface area contributed by atoms with Gasteiger partial charge in [0.15, 0.2) is 5.78 Å². The summed E-state index contributed by atoms with van der Waals surface area (Å²) in [5, 5.41) is 9.16. The first-order valence-electron chi connectivity index (χ1n) is 5.79. The number of carbonyl (C=O) groups is 1. The summed E-state index contributed by atoms with van der Waals surface area (Å²) in [7, 11) is 1.55. The van der Waals surface area contributed by atoms with Crippen molar-refractivity contribution in [2.45, 2.75) is 20.8 Å². The molecule has 0 spiro atoms. The van der Waals surface area contributed by atoms with Crippen LogP contribution in [0.5, 0.6) is 5.75 Å². The van der Waals surface area contributed by atoms with Gasteiger partial charge in [-0.3, -0.25) is 4.79 Å². The van der Waals surface area contributed by atoms with E-state index in [0.29, 0.717) is 11.3 Å². The van der Waals surface area contributed by atoms with Gasteiger partial charge < -0.3 is 4.74 Å². The van der Waals surface area contributed by atoms with Crippen molar-refractivity contribution in [2.75, 3.05) is 7.11 Å². The Morgan fingerprint density at radius 1 is 1.42 bits per heavy atom. The Morgan fingerprint density at radius 3 is 2.53 bits per heavy atom. The van der Waals surface area contributed by atoms with Gasteiger partial charge in [-0.1, -0.05) is 36.7 Å². The van der Waals surface area contributed by atoms with Gasteiger partial charge in [-0.2, -0.15) is 5.26 Å². The second kappa shape index (κ2) is 6.03. The van der Waals surface area contributed by atoms with Gasteiger partial charge >= 0.3 is 0 Å². The van der Waals surface area contributed by atoms with E-state index in [2.05, 4.69) is 15.9 Å². The second-order valence-electron chi connectivity index (χ2n) is 5.14. The van der Waals surface area contributed by atoms with Crippen molar-refractivity contribution in [1.29, 1.82) is 5.26 Å². The van der Waals surface area contributed by atoms with Crippen LogP contribution in [-0.2, 0) is 4.79 Å². The lowest BCUT2D eigenvalue weighted by atomic mass is 9.86. The van der Waals surface area contributed by atoms with E-state index in [4.69, 9.17) is 10.00 Å². The zero-order chi connectivity index (χ0) is 14.6. The predicted molar refractivity (Wildman–Crippen MR) is 78.7 cm³/mol. The second-order valence-corrected chi connectivity index (χ2v) is 6.05. The molecule has 0 aliphatic rings. The van der Waals surface area contributed by atoms with Crippen LogP contribution in [0.4, 0.5) is 0 Å². The molecule has 3 nitrogen and oxygen atoms in total. The van der Waals surface area contributed by atoms with E-state index in [-0.39, 0.29) is 11.4 Å². The summed E-state index contributed by atoms with van der Waals surface area (Å²) in [5.74, 6) is 0.440. The number of carbonyl (C=O) groups excluding carboxylic acids is 1. The largest absolute Gasteiger partial charge is 0.496 e. The number of ether oxygens (including phenoxy) is 1. The number of halogens is 1. The smallest absolute Gasteiger partial charge is 0.178 e. The van der Waals surface area contributed by atoms with E-state index in [9.17, 15) is 4.79 Å². The Hall–Kier alpha value is -1.60. The van der Waals surface area contributed by atoms with E-state index >= 15 is 0 Å². The first kappa shape index (κ1) is 15.5. The first-order valence-corrected chi connectivity index (χ1v) is 6.59. The van der Waals surface area contributed by atoms with Gasteiger partial charge in [0, 0.05) is 15.5 Å². The van der Waals surface area contributed by atoms with Crippen LogP contribution in [-0.4, -0.2) is 12.9 Å². The Kier molecular flexibility index (Phi) is 4.90. The Balaban J connectivity index is 3.30. The summed E-state index contributed by atoms with van der Waals surface area (Å²) in [6, 6.07) is 7.41. The standard InChI is InChI=1S/C15H16BrNO2/c1-15(2,3)14(18)11(9-17)7-10-8-12(16)5-6-13(10)19-4/h5-8H,1-4H3/b11-7-. The summed E-state index contributed by atoms with van der Waals surface area (Å²) < 4.78 is 6.09. The Labute approximate surface area is 122 Å².